The van der Waals surface area contributed by atoms with E-state index in [4.69, 9.17) is 0 Å². The number of rotatable bonds is 6. The fourth-order valence-electron chi connectivity index (χ4n) is 12.1. The Kier molecular flexibility index (Phi) is 8.50. The van der Waals surface area contributed by atoms with Crippen molar-refractivity contribution in [1.29, 1.82) is 0 Å². The second kappa shape index (κ2) is 12.7. The zero-order valence-corrected chi connectivity index (χ0v) is 37.1. The van der Waals surface area contributed by atoms with Gasteiger partial charge in [-0.25, -0.2) is 0 Å². The van der Waals surface area contributed by atoms with Gasteiger partial charge in [0.2, 0.25) is 0 Å². The maximum absolute atomic E-state index is 2.97. The first-order valence-electron chi connectivity index (χ1n) is 19.2. The summed E-state index contributed by atoms with van der Waals surface area (Å²) in [4.78, 5) is 0. The van der Waals surface area contributed by atoms with Crippen LogP contribution in [0.5, 0.6) is 0 Å². The minimum atomic E-state index is -2.87. The van der Waals surface area contributed by atoms with Crippen LogP contribution in [0.15, 0.2) is 132 Å². The molecule has 0 amide bonds. The summed E-state index contributed by atoms with van der Waals surface area (Å²) in [5.74, 6) is 0. The molecule has 0 bridgehead atoms. The molecule has 0 spiro atoms. The van der Waals surface area contributed by atoms with E-state index >= 15 is 0 Å². The molecule has 0 N–H and O–H groups in total. The van der Waals surface area contributed by atoms with E-state index in [2.05, 4.69) is 166 Å². The maximum atomic E-state index is 2.97. The second-order valence-electron chi connectivity index (χ2n) is 17.0. The Hall–Kier alpha value is -2.70. The van der Waals surface area contributed by atoms with Crippen molar-refractivity contribution in [3.63, 3.8) is 0 Å². The number of fused-ring (bicyclic) bond motifs is 4. The predicted molar refractivity (Wildman–Crippen MR) is 220 cm³/mol. The molecule has 0 saturated carbocycles. The van der Waals surface area contributed by atoms with Gasteiger partial charge in [0.25, 0.3) is 0 Å². The van der Waals surface area contributed by atoms with Crippen LogP contribution in [-0.4, -0.2) is 2.33 Å². The van der Waals surface area contributed by atoms with Gasteiger partial charge in [-0.05, 0) is 0 Å². The molecule has 1 fully saturated rings. The zero-order valence-electron chi connectivity index (χ0n) is 31.2. The number of hydrogen-bond donors (Lipinski definition) is 0. The molecule has 1 saturated heterocycles. The molecule has 6 aromatic carbocycles. The van der Waals surface area contributed by atoms with E-state index in [0.717, 1.165) is 0 Å². The molecule has 254 valence electrons. The van der Waals surface area contributed by atoms with Crippen LogP contribution in [0.25, 0.3) is 56.0 Å². The van der Waals surface area contributed by atoms with Crippen LogP contribution in [0, 0.1) is 0 Å². The molecule has 2 unspecified atom stereocenters. The molecular weight excluding hydrogens is 787 g/mol. The molecule has 2 atom stereocenters. The van der Waals surface area contributed by atoms with Crippen molar-refractivity contribution in [3.05, 3.63) is 155 Å². The summed E-state index contributed by atoms with van der Waals surface area (Å²) in [7, 11) is 0. The van der Waals surface area contributed by atoms with Gasteiger partial charge in [0.1, 0.15) is 0 Å². The van der Waals surface area contributed by atoms with Crippen LogP contribution in [0.4, 0.5) is 0 Å². The van der Waals surface area contributed by atoms with Crippen LogP contribution in [-0.2, 0) is 38.9 Å². The quantitative estimate of drug-likeness (QED) is 0.147. The monoisotopic (exact) mass is 834 g/mol. The van der Waals surface area contributed by atoms with Crippen LogP contribution in [0.1, 0.15) is 56.2 Å². The van der Waals surface area contributed by atoms with Gasteiger partial charge in [-0.3, -0.25) is 0 Å². The molecule has 51 heavy (non-hydrogen) atoms. The Morgan fingerprint density at radius 2 is 0.824 bits per heavy atom. The van der Waals surface area contributed by atoms with Gasteiger partial charge in [-0.1, -0.05) is 0 Å². The molecule has 3 heteroatoms. The molecule has 1 heterocycles. The Morgan fingerprint density at radius 1 is 0.451 bits per heavy atom. The van der Waals surface area contributed by atoms with Gasteiger partial charge in [0.05, 0.1) is 0 Å². The number of allylic oxidation sites excluding steroid dienone is 2. The Bertz CT molecular complexity index is 2250. The molecule has 0 radical (unpaired) electrons. The molecule has 2 aliphatic carbocycles. The van der Waals surface area contributed by atoms with E-state index in [0.29, 0.717) is 7.25 Å². The topological polar surface area (TPSA) is 0 Å². The first-order chi connectivity index (χ1) is 24.6. The third-order valence-corrected chi connectivity index (χ3v) is 136. The zero-order chi connectivity index (χ0) is 35.1. The van der Waals surface area contributed by atoms with Gasteiger partial charge < -0.3 is 0 Å². The minimum absolute atomic E-state index is 0.692. The van der Waals surface area contributed by atoms with Crippen molar-refractivity contribution < 1.29 is 38.9 Å². The third kappa shape index (κ3) is 5.08. The average molecular weight is 837 g/mol. The summed E-state index contributed by atoms with van der Waals surface area (Å²) >= 11 is -5.75. The Labute approximate surface area is 313 Å². The normalized spacial score (nSPS) is 19.6. The first kappa shape index (κ1) is 34.1. The first-order valence-corrected chi connectivity index (χ1v) is 41.7. The van der Waals surface area contributed by atoms with E-state index in [1.54, 1.807) is 34.4 Å². The van der Waals surface area contributed by atoms with Crippen LogP contribution < -0.4 is 0 Å². The summed E-state index contributed by atoms with van der Waals surface area (Å²) < 4.78 is 11.7. The van der Waals surface area contributed by atoms with Crippen molar-refractivity contribution in [1.82, 2.24) is 0 Å². The van der Waals surface area contributed by atoms with Gasteiger partial charge in [-0.2, -0.15) is 0 Å². The van der Waals surface area contributed by atoms with Gasteiger partial charge in [0, 0.05) is 0 Å². The van der Waals surface area contributed by atoms with Crippen LogP contribution >= 0.6 is 0 Å². The Balaban J connectivity index is 1.16. The van der Waals surface area contributed by atoms with E-state index < -0.39 is 41.2 Å². The fraction of sp³-hybridized carbons (Fsp3) is 0.250. The summed E-state index contributed by atoms with van der Waals surface area (Å²) in [6.07, 6.45) is 8.23. The van der Waals surface area contributed by atoms with Gasteiger partial charge in [0.15, 0.2) is 0 Å². The van der Waals surface area contributed by atoms with E-state index in [-0.39, 0.29) is 0 Å². The van der Waals surface area contributed by atoms with E-state index in [1.165, 1.54) is 67.8 Å². The third-order valence-electron chi connectivity index (χ3n) is 14.1. The second-order valence-corrected chi connectivity index (χ2v) is 78.4. The van der Waals surface area contributed by atoms with Crippen molar-refractivity contribution in [2.75, 3.05) is 0 Å². The summed E-state index contributed by atoms with van der Waals surface area (Å²) in [5, 5.41) is 5.41. The molecule has 0 nitrogen and oxygen atoms in total. The Morgan fingerprint density at radius 3 is 1.27 bits per heavy atom. The summed E-state index contributed by atoms with van der Waals surface area (Å²) in [6.45, 7) is 5.03. The SMILES string of the molecule is CC1=Cc2c(-c3cccc4ccccc34)cccc2[CH]1[Zr]([CH3])([CH3])[Si]1([Zr]([CH3])([CH3])[CH]2C(C)=Cc3c(-c4cccc5ccccc45)cccc32)CCCC1. The summed E-state index contributed by atoms with van der Waals surface area (Å²) in [6, 6.07) is 49.5. The molecule has 3 aliphatic rings. The van der Waals surface area contributed by atoms with Crippen molar-refractivity contribution in [2.24, 2.45) is 0 Å². The van der Waals surface area contributed by atoms with Gasteiger partial charge >= 0.3 is 316 Å². The average Bonchev–Trinajstić information content (AvgIpc) is 3.87. The molecule has 0 aromatic heterocycles. The van der Waals surface area contributed by atoms with E-state index in [1.807, 2.05) is 0 Å². The van der Waals surface area contributed by atoms with Crippen LogP contribution in [0.2, 0.25) is 30.6 Å². The fourth-order valence-corrected chi connectivity index (χ4v) is 165. The molecule has 9 rings (SSSR count). The number of benzene rings is 6. The van der Waals surface area contributed by atoms with E-state index in [9.17, 15) is 0 Å². The van der Waals surface area contributed by atoms with Crippen molar-refractivity contribution in [3.8, 4) is 22.3 Å². The van der Waals surface area contributed by atoms with Crippen LogP contribution in [0.3, 0.4) is 0 Å². The standard InChI is InChI=1S/2C20H15.C4H8Si.4CH3.2Zr/c2*1-14-12-16-8-5-11-19(20(16)13-14)18-10-4-7-15-6-2-3-9-17(15)18;1-2-4-5-3-1;;;;;;/h2*2-13H,1H3;1-4H2;4*1H3;;. The van der Waals surface area contributed by atoms with Crippen molar-refractivity contribution >= 4 is 36.0 Å². The van der Waals surface area contributed by atoms with Crippen molar-refractivity contribution in [2.45, 2.75) is 64.6 Å². The van der Waals surface area contributed by atoms with Gasteiger partial charge in [-0.15, -0.1) is 0 Å². The molecule has 6 aromatic rings. The molecule has 1 aliphatic heterocycles. The predicted octanol–water partition coefficient (Wildman–Crippen LogP) is 14.7. The number of hydrogen-bond acceptors (Lipinski definition) is 0. The molecular formula is C48H50SiZr2. The summed E-state index contributed by atoms with van der Waals surface area (Å²) in [5.41, 5.74) is 15.4.